The minimum atomic E-state index is -0.455. The van der Waals surface area contributed by atoms with E-state index >= 15 is 0 Å². The number of anilines is 1. The number of nitrogens with two attached hydrogens (primary N) is 1. The summed E-state index contributed by atoms with van der Waals surface area (Å²) < 4.78 is 0. The van der Waals surface area contributed by atoms with Gasteiger partial charge in [-0.3, -0.25) is 9.78 Å². The summed E-state index contributed by atoms with van der Waals surface area (Å²) in [7, 11) is 0. The fraction of sp³-hybridized carbons (Fsp3) is 0.667. The van der Waals surface area contributed by atoms with Crippen molar-refractivity contribution in [2.45, 2.75) is 44.8 Å². The fourth-order valence-electron chi connectivity index (χ4n) is 3.87. The monoisotopic (exact) mass is 404 g/mol. The summed E-state index contributed by atoms with van der Waals surface area (Å²) >= 11 is 0. The number of hydrogen-bond acceptors (Lipinski definition) is 5. The SMILES string of the molecule is Cc1cnccc1N1CCCN(C(=O)[C@H]2CC[C@@H](O)[C@H](N)C2)CC1.Cl.Cl. The highest BCUT2D eigenvalue weighted by molar-refractivity contribution is 5.85. The van der Waals surface area contributed by atoms with E-state index in [0.29, 0.717) is 12.8 Å². The Bertz CT molecular complexity index is 590. The van der Waals surface area contributed by atoms with Gasteiger partial charge in [0, 0.05) is 56.2 Å². The van der Waals surface area contributed by atoms with Crippen molar-refractivity contribution < 1.29 is 9.90 Å². The molecular weight excluding hydrogens is 375 g/mol. The molecule has 1 amide bonds. The van der Waals surface area contributed by atoms with Gasteiger partial charge in [0.25, 0.3) is 0 Å². The van der Waals surface area contributed by atoms with E-state index in [4.69, 9.17) is 5.73 Å². The fourth-order valence-corrected chi connectivity index (χ4v) is 3.87. The average Bonchev–Trinajstić information content (AvgIpc) is 2.83. The van der Waals surface area contributed by atoms with Crippen LogP contribution in [0.5, 0.6) is 0 Å². The van der Waals surface area contributed by atoms with E-state index in [0.717, 1.165) is 39.0 Å². The van der Waals surface area contributed by atoms with Crippen molar-refractivity contribution in [1.29, 1.82) is 0 Å². The molecule has 26 heavy (non-hydrogen) atoms. The number of hydrogen-bond donors (Lipinski definition) is 2. The number of aromatic nitrogens is 1. The van der Waals surface area contributed by atoms with Crippen LogP contribution in [0.3, 0.4) is 0 Å². The number of rotatable bonds is 2. The highest BCUT2D eigenvalue weighted by Crippen LogP contribution is 2.26. The van der Waals surface area contributed by atoms with Crippen LogP contribution in [0.1, 0.15) is 31.2 Å². The first kappa shape index (κ1) is 23.0. The van der Waals surface area contributed by atoms with Crippen LogP contribution in [0.15, 0.2) is 18.5 Å². The molecule has 1 aromatic rings. The van der Waals surface area contributed by atoms with Crippen LogP contribution in [-0.4, -0.2) is 59.2 Å². The van der Waals surface area contributed by atoms with Gasteiger partial charge in [-0.1, -0.05) is 0 Å². The van der Waals surface area contributed by atoms with E-state index < -0.39 is 6.10 Å². The highest BCUT2D eigenvalue weighted by Gasteiger charge is 2.33. The third-order valence-corrected chi connectivity index (χ3v) is 5.35. The Morgan fingerprint density at radius 2 is 2.00 bits per heavy atom. The average molecular weight is 405 g/mol. The van der Waals surface area contributed by atoms with Crippen molar-refractivity contribution >= 4 is 36.4 Å². The Kier molecular flexibility index (Phi) is 9.10. The molecule has 1 saturated heterocycles. The summed E-state index contributed by atoms with van der Waals surface area (Å²) in [6, 6.07) is 1.78. The zero-order valence-electron chi connectivity index (χ0n) is 15.2. The molecule has 1 aliphatic heterocycles. The van der Waals surface area contributed by atoms with Crippen molar-refractivity contribution in [3.8, 4) is 0 Å². The number of aliphatic hydroxyl groups excluding tert-OH is 1. The smallest absolute Gasteiger partial charge is 0.225 e. The molecule has 0 radical (unpaired) electrons. The normalized spacial score (nSPS) is 26.3. The molecular formula is C18H30Cl2N4O2. The van der Waals surface area contributed by atoms with Crippen LogP contribution in [0.2, 0.25) is 0 Å². The Labute approximate surface area is 168 Å². The number of carbonyl (C=O) groups is 1. The molecule has 8 heteroatoms. The summed E-state index contributed by atoms with van der Waals surface area (Å²) in [5, 5.41) is 9.76. The van der Waals surface area contributed by atoms with Crippen LogP contribution >= 0.6 is 24.8 Å². The minimum absolute atomic E-state index is 0. The summed E-state index contributed by atoms with van der Waals surface area (Å²) in [5.74, 6) is 0.184. The van der Waals surface area contributed by atoms with Crippen LogP contribution < -0.4 is 10.6 Å². The predicted molar refractivity (Wildman–Crippen MR) is 108 cm³/mol. The van der Waals surface area contributed by atoms with E-state index in [1.807, 2.05) is 23.4 Å². The molecule has 0 bridgehead atoms. The largest absolute Gasteiger partial charge is 0.392 e. The molecule has 3 N–H and O–H groups in total. The Morgan fingerprint density at radius 1 is 1.23 bits per heavy atom. The van der Waals surface area contributed by atoms with Gasteiger partial charge in [0.05, 0.1) is 6.10 Å². The number of aliphatic hydroxyl groups is 1. The summed E-state index contributed by atoms with van der Waals surface area (Å²) in [5.41, 5.74) is 8.33. The van der Waals surface area contributed by atoms with Crippen molar-refractivity contribution in [3.63, 3.8) is 0 Å². The Hall–Kier alpha value is -1.08. The molecule has 2 heterocycles. The summed E-state index contributed by atoms with van der Waals surface area (Å²) in [6.45, 7) is 5.42. The predicted octanol–water partition coefficient (Wildman–Crippen LogP) is 1.76. The standard InChI is InChI=1S/C18H28N4O2.2ClH/c1-13-12-20-6-5-16(13)21-7-2-8-22(10-9-21)18(24)14-3-4-17(23)15(19)11-14;;/h5-6,12,14-15,17,23H,2-4,7-11,19H2,1H3;2*1H/t14-,15+,17+;;/m0../s1. The second-order valence-electron chi connectivity index (χ2n) is 7.07. The van der Waals surface area contributed by atoms with Crippen LogP contribution in [0.25, 0.3) is 0 Å². The first-order valence-electron chi connectivity index (χ1n) is 8.94. The van der Waals surface area contributed by atoms with E-state index in [9.17, 15) is 9.90 Å². The summed E-state index contributed by atoms with van der Waals surface area (Å²) in [6.07, 6.45) is 6.20. The molecule has 3 rings (SSSR count). The zero-order valence-corrected chi connectivity index (χ0v) is 16.8. The van der Waals surface area contributed by atoms with Gasteiger partial charge in [0.1, 0.15) is 0 Å². The Balaban J connectivity index is 0.00000169. The molecule has 148 valence electrons. The van der Waals surface area contributed by atoms with Crippen molar-refractivity contribution in [2.24, 2.45) is 11.7 Å². The van der Waals surface area contributed by atoms with Gasteiger partial charge in [-0.2, -0.15) is 0 Å². The number of pyridine rings is 1. The maximum absolute atomic E-state index is 12.8. The van der Waals surface area contributed by atoms with Crippen LogP contribution in [0.4, 0.5) is 5.69 Å². The lowest BCUT2D eigenvalue weighted by Gasteiger charge is -2.33. The Morgan fingerprint density at radius 3 is 2.69 bits per heavy atom. The van der Waals surface area contributed by atoms with E-state index in [1.54, 1.807) is 0 Å². The quantitative estimate of drug-likeness (QED) is 0.784. The minimum Gasteiger partial charge on any atom is -0.392 e. The highest BCUT2D eigenvalue weighted by atomic mass is 35.5. The van der Waals surface area contributed by atoms with Crippen LogP contribution in [-0.2, 0) is 4.79 Å². The second-order valence-corrected chi connectivity index (χ2v) is 7.07. The van der Waals surface area contributed by atoms with Gasteiger partial charge >= 0.3 is 0 Å². The van der Waals surface area contributed by atoms with Gasteiger partial charge in [-0.25, -0.2) is 0 Å². The molecule has 2 aliphatic rings. The van der Waals surface area contributed by atoms with Gasteiger partial charge < -0.3 is 20.6 Å². The molecule has 6 nitrogen and oxygen atoms in total. The lowest BCUT2D eigenvalue weighted by Crippen LogP contribution is -2.46. The maximum Gasteiger partial charge on any atom is 0.225 e. The van der Waals surface area contributed by atoms with Gasteiger partial charge in [0.2, 0.25) is 5.91 Å². The number of nitrogens with zero attached hydrogens (tertiary/aromatic N) is 3. The molecule has 1 aromatic heterocycles. The lowest BCUT2D eigenvalue weighted by atomic mass is 9.83. The number of carbonyl (C=O) groups excluding carboxylic acids is 1. The van der Waals surface area contributed by atoms with Crippen molar-refractivity contribution in [3.05, 3.63) is 24.0 Å². The molecule has 0 aromatic carbocycles. The van der Waals surface area contributed by atoms with E-state index in [2.05, 4.69) is 16.8 Å². The van der Waals surface area contributed by atoms with Gasteiger partial charge in [-0.05, 0) is 44.2 Å². The number of amides is 1. The maximum atomic E-state index is 12.8. The molecule has 1 aliphatic carbocycles. The first-order valence-corrected chi connectivity index (χ1v) is 8.94. The molecule has 0 spiro atoms. The van der Waals surface area contributed by atoms with Gasteiger partial charge in [-0.15, -0.1) is 24.8 Å². The topological polar surface area (TPSA) is 82.7 Å². The lowest BCUT2D eigenvalue weighted by molar-refractivity contribution is -0.137. The van der Waals surface area contributed by atoms with Crippen molar-refractivity contribution in [1.82, 2.24) is 9.88 Å². The number of halogens is 2. The zero-order chi connectivity index (χ0) is 17.1. The molecule has 2 fully saturated rings. The van der Waals surface area contributed by atoms with E-state index in [-0.39, 0.29) is 42.7 Å². The summed E-state index contributed by atoms with van der Waals surface area (Å²) in [4.78, 5) is 21.3. The molecule has 3 atom stereocenters. The molecule has 1 saturated carbocycles. The van der Waals surface area contributed by atoms with E-state index in [1.165, 1.54) is 11.3 Å². The second kappa shape index (κ2) is 10.3. The van der Waals surface area contributed by atoms with Crippen LogP contribution in [0, 0.1) is 12.8 Å². The van der Waals surface area contributed by atoms with Crippen molar-refractivity contribution in [2.75, 3.05) is 31.1 Å². The first-order chi connectivity index (χ1) is 11.6. The van der Waals surface area contributed by atoms with Gasteiger partial charge in [0.15, 0.2) is 0 Å². The molecule has 0 unspecified atom stereocenters. The third-order valence-electron chi connectivity index (χ3n) is 5.35. The third kappa shape index (κ3) is 5.22. The number of aryl methyl sites for hydroxylation is 1.